The molecule has 5 nitrogen and oxygen atoms in total. The maximum atomic E-state index is 12.7. The van der Waals surface area contributed by atoms with Crippen molar-refractivity contribution < 1.29 is 9.53 Å². The molecular weight excluding hydrogens is 414 g/mol. The van der Waals surface area contributed by atoms with Gasteiger partial charge in [-0.25, -0.2) is 0 Å². The van der Waals surface area contributed by atoms with Crippen LogP contribution in [0.15, 0.2) is 46.4 Å². The first kappa shape index (κ1) is 18.7. The van der Waals surface area contributed by atoms with Crippen LogP contribution in [0.5, 0.6) is 5.75 Å². The topological polar surface area (TPSA) is 47.4 Å². The van der Waals surface area contributed by atoms with Crippen LogP contribution in [0.2, 0.25) is 0 Å². The number of rotatable bonds is 6. The van der Waals surface area contributed by atoms with Crippen LogP contribution in [0.25, 0.3) is 0 Å². The molecule has 0 radical (unpaired) electrons. The van der Waals surface area contributed by atoms with E-state index in [0.29, 0.717) is 18.0 Å². The fraction of sp³-hybridized carbons (Fsp3) is 0.263. The van der Waals surface area contributed by atoms with Crippen molar-refractivity contribution in [3.05, 3.63) is 68.1 Å². The molecule has 7 heteroatoms. The van der Waals surface area contributed by atoms with E-state index in [0.717, 1.165) is 27.0 Å². The normalized spacial score (nSPS) is 10.8. The summed E-state index contributed by atoms with van der Waals surface area (Å²) >= 11 is 4.91. The summed E-state index contributed by atoms with van der Waals surface area (Å²) in [5.74, 6) is 0.856. The monoisotopic (exact) mass is 433 g/mol. The highest BCUT2D eigenvalue weighted by atomic mass is 79.9. The van der Waals surface area contributed by atoms with E-state index in [9.17, 15) is 4.79 Å². The number of carbonyl (C=O) groups is 1. The van der Waals surface area contributed by atoms with Crippen LogP contribution in [0, 0.1) is 6.92 Å². The largest absolute Gasteiger partial charge is 0.489 e. The number of hydrogen-bond donors (Lipinski definition) is 0. The van der Waals surface area contributed by atoms with Crippen LogP contribution in [0.1, 0.15) is 26.5 Å². The first-order valence-corrected chi connectivity index (χ1v) is 9.80. The molecule has 2 aromatic heterocycles. The Labute approximate surface area is 165 Å². The third kappa shape index (κ3) is 4.16. The molecule has 0 saturated carbocycles. The molecule has 1 amide bonds. The predicted molar refractivity (Wildman–Crippen MR) is 107 cm³/mol. The van der Waals surface area contributed by atoms with Crippen LogP contribution in [-0.2, 0) is 20.2 Å². The molecule has 0 bridgehead atoms. The van der Waals surface area contributed by atoms with Crippen molar-refractivity contribution >= 4 is 33.2 Å². The highest BCUT2D eigenvalue weighted by Gasteiger charge is 2.17. The van der Waals surface area contributed by atoms with Crippen molar-refractivity contribution in [3.63, 3.8) is 0 Å². The lowest BCUT2D eigenvalue weighted by atomic mass is 10.2. The lowest BCUT2D eigenvalue weighted by molar-refractivity contribution is 0.0786. The first-order chi connectivity index (χ1) is 12.5. The SMILES string of the molecule is Cc1ccccc1OCc1csc(C(=O)N(C)Cc2c(Br)cnn2C)c1. The van der Waals surface area contributed by atoms with Crippen molar-refractivity contribution in [1.82, 2.24) is 14.7 Å². The van der Waals surface area contributed by atoms with Crippen LogP contribution in [0.3, 0.4) is 0 Å². The summed E-state index contributed by atoms with van der Waals surface area (Å²) < 4.78 is 8.53. The Morgan fingerprint density at radius 1 is 1.38 bits per heavy atom. The van der Waals surface area contributed by atoms with Gasteiger partial charge in [-0.05, 0) is 45.9 Å². The lowest BCUT2D eigenvalue weighted by Gasteiger charge is -2.16. The Morgan fingerprint density at radius 3 is 2.85 bits per heavy atom. The van der Waals surface area contributed by atoms with Crippen molar-refractivity contribution in [2.45, 2.75) is 20.1 Å². The second kappa shape index (κ2) is 8.05. The summed E-state index contributed by atoms with van der Waals surface area (Å²) in [5.41, 5.74) is 3.05. The minimum Gasteiger partial charge on any atom is -0.489 e. The quantitative estimate of drug-likeness (QED) is 0.578. The van der Waals surface area contributed by atoms with Gasteiger partial charge >= 0.3 is 0 Å². The number of thiophene rings is 1. The molecule has 1 aromatic carbocycles. The minimum atomic E-state index is -0.00904. The molecule has 2 heterocycles. The van der Waals surface area contributed by atoms with E-state index in [4.69, 9.17) is 4.74 Å². The predicted octanol–water partition coefficient (Wildman–Crippen LogP) is 4.40. The first-order valence-electron chi connectivity index (χ1n) is 8.13. The van der Waals surface area contributed by atoms with Crippen LogP contribution >= 0.6 is 27.3 Å². The zero-order chi connectivity index (χ0) is 18.7. The summed E-state index contributed by atoms with van der Waals surface area (Å²) in [5, 5.41) is 6.16. The van der Waals surface area contributed by atoms with Gasteiger partial charge in [-0.2, -0.15) is 5.10 Å². The zero-order valence-electron chi connectivity index (χ0n) is 14.9. The molecule has 0 unspecified atom stereocenters. The molecule has 0 saturated heterocycles. The Balaban J connectivity index is 1.63. The zero-order valence-corrected chi connectivity index (χ0v) is 17.3. The van der Waals surface area contributed by atoms with Crippen LogP contribution < -0.4 is 4.74 Å². The standard InChI is InChI=1S/C19H20BrN3O2S/c1-13-6-4-5-7-17(13)25-11-14-8-18(26-12-14)19(24)22(2)10-16-15(20)9-21-23(16)3/h4-9,12H,10-11H2,1-3H3. The van der Waals surface area contributed by atoms with E-state index in [1.807, 2.05) is 49.7 Å². The summed E-state index contributed by atoms with van der Waals surface area (Å²) in [6.45, 7) is 2.96. The molecule has 26 heavy (non-hydrogen) atoms. The smallest absolute Gasteiger partial charge is 0.264 e. The maximum absolute atomic E-state index is 12.7. The molecule has 0 N–H and O–H groups in total. The summed E-state index contributed by atoms with van der Waals surface area (Å²) in [4.78, 5) is 15.1. The number of halogens is 1. The molecular formula is C19H20BrN3O2S. The molecule has 3 aromatic rings. The van der Waals surface area contributed by atoms with Gasteiger partial charge in [-0.15, -0.1) is 11.3 Å². The van der Waals surface area contributed by atoms with E-state index < -0.39 is 0 Å². The third-order valence-corrected chi connectivity index (χ3v) is 5.73. The molecule has 0 aliphatic heterocycles. The van der Waals surface area contributed by atoms with Gasteiger partial charge in [0.25, 0.3) is 5.91 Å². The fourth-order valence-electron chi connectivity index (χ4n) is 2.54. The van der Waals surface area contributed by atoms with Gasteiger partial charge in [0.1, 0.15) is 12.4 Å². The van der Waals surface area contributed by atoms with Crippen LogP contribution in [0.4, 0.5) is 0 Å². The molecule has 3 rings (SSSR count). The van der Waals surface area contributed by atoms with Gasteiger partial charge in [0.15, 0.2) is 0 Å². The van der Waals surface area contributed by atoms with Gasteiger partial charge in [-0.1, -0.05) is 18.2 Å². The van der Waals surface area contributed by atoms with Gasteiger partial charge in [0, 0.05) is 19.7 Å². The number of aryl methyl sites for hydroxylation is 2. The molecule has 0 aliphatic carbocycles. The average molecular weight is 434 g/mol. The van der Waals surface area contributed by atoms with E-state index in [2.05, 4.69) is 21.0 Å². The maximum Gasteiger partial charge on any atom is 0.264 e. The molecule has 136 valence electrons. The van der Waals surface area contributed by atoms with Crippen molar-refractivity contribution in [2.24, 2.45) is 7.05 Å². The number of amides is 1. The number of carbonyl (C=O) groups excluding carboxylic acids is 1. The minimum absolute atomic E-state index is 0.00904. The van der Waals surface area contributed by atoms with Gasteiger partial charge in [-0.3, -0.25) is 9.48 Å². The van der Waals surface area contributed by atoms with E-state index in [-0.39, 0.29) is 5.91 Å². The Bertz CT molecular complexity index is 900. The van der Waals surface area contributed by atoms with E-state index in [1.165, 1.54) is 11.3 Å². The Morgan fingerprint density at radius 2 is 2.15 bits per heavy atom. The van der Waals surface area contributed by atoms with Crippen LogP contribution in [-0.4, -0.2) is 27.6 Å². The summed E-state index contributed by atoms with van der Waals surface area (Å²) in [6.07, 6.45) is 1.74. The van der Waals surface area contributed by atoms with Crippen molar-refractivity contribution in [1.29, 1.82) is 0 Å². The van der Waals surface area contributed by atoms with Crippen molar-refractivity contribution in [2.75, 3.05) is 7.05 Å². The van der Waals surface area contributed by atoms with Gasteiger partial charge in [0.05, 0.1) is 27.8 Å². The third-order valence-electron chi connectivity index (χ3n) is 4.10. The lowest BCUT2D eigenvalue weighted by Crippen LogP contribution is -2.26. The molecule has 0 atom stereocenters. The number of aromatic nitrogens is 2. The Kier molecular flexibility index (Phi) is 5.78. The highest BCUT2D eigenvalue weighted by molar-refractivity contribution is 9.10. The van der Waals surface area contributed by atoms with E-state index in [1.54, 1.807) is 22.8 Å². The number of para-hydroxylation sites is 1. The number of benzene rings is 1. The van der Waals surface area contributed by atoms with Gasteiger partial charge in [0.2, 0.25) is 0 Å². The van der Waals surface area contributed by atoms with Gasteiger partial charge < -0.3 is 9.64 Å². The Hall–Kier alpha value is -2.12. The fourth-order valence-corrected chi connectivity index (χ4v) is 3.91. The molecule has 0 fully saturated rings. The highest BCUT2D eigenvalue weighted by Crippen LogP contribution is 2.22. The second-order valence-electron chi connectivity index (χ2n) is 6.10. The second-order valence-corrected chi connectivity index (χ2v) is 7.86. The van der Waals surface area contributed by atoms with Crippen molar-refractivity contribution in [3.8, 4) is 5.75 Å². The molecule has 0 aliphatic rings. The van der Waals surface area contributed by atoms with E-state index >= 15 is 0 Å². The summed E-state index contributed by atoms with van der Waals surface area (Å²) in [6, 6.07) is 9.81. The average Bonchev–Trinajstić information content (AvgIpc) is 3.22. The molecule has 0 spiro atoms. The number of ether oxygens (including phenoxy) is 1. The number of nitrogens with zero attached hydrogens (tertiary/aromatic N) is 3. The number of hydrogen-bond acceptors (Lipinski definition) is 4. The summed E-state index contributed by atoms with van der Waals surface area (Å²) in [7, 11) is 3.66.